The van der Waals surface area contributed by atoms with Crippen LogP contribution in [-0.2, 0) is 19.5 Å². The van der Waals surface area contributed by atoms with Crippen molar-refractivity contribution in [3.63, 3.8) is 0 Å². The number of para-hydroxylation sites is 1. The van der Waals surface area contributed by atoms with Gasteiger partial charge in [0.05, 0.1) is 0 Å². The minimum atomic E-state index is 0.00443. The Labute approximate surface area is 135 Å². The van der Waals surface area contributed by atoms with E-state index in [1.54, 1.807) is 0 Å². The molecule has 0 saturated heterocycles. The van der Waals surface area contributed by atoms with Crippen LogP contribution in [0.4, 0.5) is 4.79 Å². The zero-order chi connectivity index (χ0) is 15.6. The number of rotatable bonds is 2. The van der Waals surface area contributed by atoms with Crippen molar-refractivity contribution in [2.24, 2.45) is 0 Å². The highest BCUT2D eigenvalue weighted by Crippen LogP contribution is 2.27. The van der Waals surface area contributed by atoms with Crippen molar-refractivity contribution < 1.29 is 4.79 Å². The summed E-state index contributed by atoms with van der Waals surface area (Å²) in [5.74, 6) is 0. The Morgan fingerprint density at radius 1 is 1.09 bits per heavy atom. The van der Waals surface area contributed by atoms with Crippen LogP contribution in [-0.4, -0.2) is 22.5 Å². The number of amides is 2. The molecule has 1 aliphatic rings. The van der Waals surface area contributed by atoms with Crippen molar-refractivity contribution in [3.8, 4) is 0 Å². The molecule has 2 amide bonds. The van der Waals surface area contributed by atoms with E-state index in [4.69, 9.17) is 0 Å². The molecule has 2 N–H and O–H groups in total. The number of carbonyl (C=O) groups is 1. The summed E-state index contributed by atoms with van der Waals surface area (Å²) in [5, 5.41) is 4.24. The molecule has 0 saturated carbocycles. The molecule has 0 atom stereocenters. The Kier molecular flexibility index (Phi) is 3.50. The standard InChI is InChI=1S/C19H19N3O/c23-19(20-12-14-6-2-1-3-7-14)22-11-10-18-16(13-22)15-8-4-5-9-17(15)21-18/h1-9,21H,10-13H2,(H,20,23). The summed E-state index contributed by atoms with van der Waals surface area (Å²) in [6, 6.07) is 18.3. The quantitative estimate of drug-likeness (QED) is 0.748. The van der Waals surface area contributed by atoms with Gasteiger partial charge in [-0.15, -0.1) is 0 Å². The maximum absolute atomic E-state index is 12.4. The Hall–Kier alpha value is -2.75. The number of H-pyrrole nitrogens is 1. The minimum absolute atomic E-state index is 0.00443. The van der Waals surface area contributed by atoms with Gasteiger partial charge in [-0.05, 0) is 11.6 Å². The fourth-order valence-electron chi connectivity index (χ4n) is 3.23. The van der Waals surface area contributed by atoms with Crippen molar-refractivity contribution in [1.82, 2.24) is 15.2 Å². The molecular weight excluding hydrogens is 286 g/mol. The number of hydrogen-bond acceptors (Lipinski definition) is 1. The first-order valence-electron chi connectivity index (χ1n) is 7.96. The first-order chi connectivity index (χ1) is 11.3. The van der Waals surface area contributed by atoms with E-state index in [1.807, 2.05) is 47.4 Å². The number of aromatic amines is 1. The first kappa shape index (κ1) is 13.9. The molecule has 0 radical (unpaired) electrons. The molecule has 0 fully saturated rings. The Morgan fingerprint density at radius 3 is 2.74 bits per heavy atom. The number of nitrogens with one attached hydrogen (secondary N) is 2. The molecule has 2 aromatic carbocycles. The molecule has 4 rings (SSSR count). The van der Waals surface area contributed by atoms with Gasteiger partial charge in [0.1, 0.15) is 0 Å². The molecule has 3 aromatic rings. The maximum Gasteiger partial charge on any atom is 0.317 e. The predicted octanol–water partition coefficient (Wildman–Crippen LogP) is 3.44. The van der Waals surface area contributed by atoms with Gasteiger partial charge in [0.2, 0.25) is 0 Å². The van der Waals surface area contributed by atoms with E-state index in [-0.39, 0.29) is 6.03 Å². The van der Waals surface area contributed by atoms with Gasteiger partial charge in [-0.1, -0.05) is 48.5 Å². The molecule has 4 nitrogen and oxygen atoms in total. The van der Waals surface area contributed by atoms with Gasteiger partial charge in [0, 0.05) is 48.2 Å². The highest BCUT2D eigenvalue weighted by atomic mass is 16.2. The molecule has 0 unspecified atom stereocenters. The second-order valence-electron chi connectivity index (χ2n) is 5.94. The van der Waals surface area contributed by atoms with Crippen molar-refractivity contribution >= 4 is 16.9 Å². The van der Waals surface area contributed by atoms with E-state index < -0.39 is 0 Å². The van der Waals surface area contributed by atoms with Crippen LogP contribution in [0, 0.1) is 0 Å². The number of carbonyl (C=O) groups excluding carboxylic acids is 1. The molecule has 1 aliphatic heterocycles. The molecule has 4 heteroatoms. The second kappa shape index (κ2) is 5.80. The largest absolute Gasteiger partial charge is 0.358 e. The highest BCUT2D eigenvalue weighted by Gasteiger charge is 2.23. The molecule has 116 valence electrons. The van der Waals surface area contributed by atoms with E-state index >= 15 is 0 Å². The van der Waals surface area contributed by atoms with Crippen LogP contribution in [0.5, 0.6) is 0 Å². The summed E-state index contributed by atoms with van der Waals surface area (Å²) < 4.78 is 0. The summed E-state index contributed by atoms with van der Waals surface area (Å²) in [7, 11) is 0. The van der Waals surface area contributed by atoms with Crippen molar-refractivity contribution in [2.75, 3.05) is 6.54 Å². The summed E-state index contributed by atoms with van der Waals surface area (Å²) in [6.07, 6.45) is 0.878. The van der Waals surface area contributed by atoms with E-state index in [2.05, 4.69) is 22.4 Å². The number of fused-ring (bicyclic) bond motifs is 3. The lowest BCUT2D eigenvalue weighted by molar-refractivity contribution is 0.192. The maximum atomic E-state index is 12.4. The monoisotopic (exact) mass is 305 g/mol. The Balaban J connectivity index is 1.48. The topological polar surface area (TPSA) is 48.1 Å². The number of urea groups is 1. The zero-order valence-electron chi connectivity index (χ0n) is 12.9. The lowest BCUT2D eigenvalue weighted by atomic mass is 10.0. The van der Waals surface area contributed by atoms with Crippen molar-refractivity contribution in [1.29, 1.82) is 0 Å². The van der Waals surface area contributed by atoms with Crippen LogP contribution < -0.4 is 5.32 Å². The Bertz CT molecular complexity index is 838. The van der Waals surface area contributed by atoms with Crippen LogP contribution in [0.15, 0.2) is 54.6 Å². The summed E-state index contributed by atoms with van der Waals surface area (Å²) in [6.45, 7) is 1.98. The molecule has 1 aromatic heterocycles. The number of aromatic nitrogens is 1. The highest BCUT2D eigenvalue weighted by molar-refractivity contribution is 5.85. The third-order valence-corrected chi connectivity index (χ3v) is 4.46. The number of nitrogens with zero attached hydrogens (tertiary/aromatic N) is 1. The van der Waals surface area contributed by atoms with Gasteiger partial charge in [0.25, 0.3) is 0 Å². The SMILES string of the molecule is O=C(NCc1ccccc1)N1CCc2[nH]c3ccccc3c2C1. The lowest BCUT2D eigenvalue weighted by Gasteiger charge is -2.27. The van der Waals surface area contributed by atoms with Crippen LogP contribution in [0.2, 0.25) is 0 Å². The van der Waals surface area contributed by atoms with Gasteiger partial charge in [-0.3, -0.25) is 0 Å². The second-order valence-corrected chi connectivity index (χ2v) is 5.94. The van der Waals surface area contributed by atoms with Gasteiger partial charge >= 0.3 is 6.03 Å². The van der Waals surface area contributed by atoms with Gasteiger partial charge < -0.3 is 15.2 Å². The predicted molar refractivity (Wildman–Crippen MR) is 91.1 cm³/mol. The summed E-state index contributed by atoms with van der Waals surface area (Å²) in [5.41, 5.74) is 4.79. The number of benzene rings is 2. The van der Waals surface area contributed by atoms with Gasteiger partial charge in [0.15, 0.2) is 0 Å². The first-order valence-corrected chi connectivity index (χ1v) is 7.96. The fraction of sp³-hybridized carbons (Fsp3) is 0.211. The average Bonchev–Trinajstić information content (AvgIpc) is 2.98. The molecule has 0 bridgehead atoms. The van der Waals surface area contributed by atoms with Gasteiger partial charge in [-0.2, -0.15) is 0 Å². The molecule has 23 heavy (non-hydrogen) atoms. The van der Waals surface area contributed by atoms with Crippen LogP contribution in [0.3, 0.4) is 0 Å². The van der Waals surface area contributed by atoms with Crippen molar-refractivity contribution in [2.45, 2.75) is 19.5 Å². The average molecular weight is 305 g/mol. The van der Waals surface area contributed by atoms with Gasteiger partial charge in [-0.25, -0.2) is 4.79 Å². The normalized spacial score (nSPS) is 13.8. The van der Waals surface area contributed by atoms with Crippen LogP contribution in [0.25, 0.3) is 10.9 Å². The smallest absolute Gasteiger partial charge is 0.317 e. The van der Waals surface area contributed by atoms with Crippen LogP contribution >= 0.6 is 0 Å². The van der Waals surface area contributed by atoms with E-state index in [0.29, 0.717) is 13.1 Å². The van der Waals surface area contributed by atoms with Crippen LogP contribution in [0.1, 0.15) is 16.8 Å². The zero-order valence-corrected chi connectivity index (χ0v) is 12.9. The van der Waals surface area contributed by atoms with E-state index in [0.717, 1.165) is 24.0 Å². The van der Waals surface area contributed by atoms with E-state index in [9.17, 15) is 4.79 Å². The van der Waals surface area contributed by atoms with Crippen molar-refractivity contribution in [3.05, 3.63) is 71.4 Å². The third-order valence-electron chi connectivity index (χ3n) is 4.46. The molecule has 2 heterocycles. The Morgan fingerprint density at radius 2 is 1.87 bits per heavy atom. The third kappa shape index (κ3) is 2.68. The summed E-state index contributed by atoms with van der Waals surface area (Å²) >= 11 is 0. The molecular formula is C19H19N3O. The fourth-order valence-corrected chi connectivity index (χ4v) is 3.23. The molecule has 0 spiro atoms. The number of hydrogen-bond donors (Lipinski definition) is 2. The molecule has 0 aliphatic carbocycles. The lowest BCUT2D eigenvalue weighted by Crippen LogP contribution is -2.42. The summed E-state index contributed by atoms with van der Waals surface area (Å²) in [4.78, 5) is 17.8. The minimum Gasteiger partial charge on any atom is -0.358 e. The van der Waals surface area contributed by atoms with E-state index in [1.165, 1.54) is 16.6 Å².